The first kappa shape index (κ1) is 13.4. The van der Waals surface area contributed by atoms with E-state index in [4.69, 9.17) is 0 Å². The van der Waals surface area contributed by atoms with Crippen LogP contribution in [0.5, 0.6) is 0 Å². The fourth-order valence-corrected chi connectivity index (χ4v) is 4.62. The normalized spacial score (nSPS) is 19.0. The van der Waals surface area contributed by atoms with Crippen LogP contribution in [0.1, 0.15) is 12.8 Å². The molecule has 1 unspecified atom stereocenters. The highest BCUT2D eigenvalue weighted by Crippen LogP contribution is 2.38. The Hall–Kier alpha value is -0.570. The number of rotatable bonds is 5. The number of nitrogens with one attached hydrogen (secondary N) is 1. The average molecular weight is 362 g/mol. The Balaban J connectivity index is 1.81. The molecule has 1 heterocycles. The number of alkyl halides is 1. The summed E-state index contributed by atoms with van der Waals surface area (Å²) in [5.74, 6) is 0.597. The highest BCUT2D eigenvalue weighted by Gasteiger charge is 2.31. The Kier molecular flexibility index (Phi) is 3.59. The molecule has 1 aromatic carbocycles. The van der Waals surface area contributed by atoms with E-state index in [1.54, 1.807) is 18.2 Å². The maximum atomic E-state index is 12.3. The quantitative estimate of drug-likeness (QED) is 0.831. The second-order valence-corrected chi connectivity index (χ2v) is 8.03. The minimum atomic E-state index is -3.53. The number of hydrogen-bond acceptors (Lipinski definition) is 4. The van der Waals surface area contributed by atoms with Crippen molar-refractivity contribution in [2.45, 2.75) is 22.6 Å². The number of hydrogen-bond donors (Lipinski definition) is 1. The zero-order chi connectivity index (χ0) is 13.5. The zero-order valence-corrected chi connectivity index (χ0v) is 13.1. The molecular weight excluding hydrogens is 350 g/mol. The van der Waals surface area contributed by atoms with Crippen LogP contribution in [0.15, 0.2) is 31.8 Å². The number of benzene rings is 1. The number of nitrogens with zero attached hydrogens (tertiary/aromatic N) is 2. The van der Waals surface area contributed by atoms with Gasteiger partial charge in [0.2, 0.25) is 10.0 Å². The summed E-state index contributed by atoms with van der Waals surface area (Å²) in [6, 6.07) is 5.01. The third-order valence-electron chi connectivity index (χ3n) is 3.14. The van der Waals surface area contributed by atoms with Gasteiger partial charge in [0.15, 0.2) is 0 Å². The topological polar surface area (TPSA) is 70.9 Å². The lowest BCUT2D eigenvalue weighted by molar-refractivity contribution is 0.578. The molecule has 1 saturated carbocycles. The Morgan fingerprint density at radius 2 is 2.21 bits per heavy atom. The largest absolute Gasteiger partial charge is 0.242 e. The van der Waals surface area contributed by atoms with Crippen LogP contribution < -0.4 is 4.72 Å². The van der Waals surface area contributed by atoms with E-state index in [2.05, 4.69) is 29.4 Å². The predicted molar refractivity (Wildman–Crippen MR) is 78.6 cm³/mol. The molecule has 0 aromatic heterocycles. The summed E-state index contributed by atoms with van der Waals surface area (Å²) in [4.78, 5) is 0.407. The van der Waals surface area contributed by atoms with E-state index in [9.17, 15) is 8.42 Å². The molecule has 1 N–H and O–H groups in total. The van der Waals surface area contributed by atoms with Crippen molar-refractivity contribution in [1.82, 2.24) is 4.72 Å². The van der Waals surface area contributed by atoms with Gasteiger partial charge in [-0.15, -0.1) is 0 Å². The highest BCUT2D eigenvalue weighted by molar-refractivity contribution is 9.09. The predicted octanol–water partition coefficient (Wildman–Crippen LogP) is 2.86. The summed E-state index contributed by atoms with van der Waals surface area (Å²) in [7, 11) is -3.53. The summed E-state index contributed by atoms with van der Waals surface area (Å²) in [5, 5.41) is 0. The van der Waals surface area contributed by atoms with Crippen molar-refractivity contribution in [1.29, 1.82) is 0 Å². The van der Waals surface area contributed by atoms with E-state index in [0.29, 0.717) is 23.8 Å². The smallest absolute Gasteiger partial charge is 0.210 e. The number of halogens is 1. The van der Waals surface area contributed by atoms with Gasteiger partial charge in [0.25, 0.3) is 0 Å². The van der Waals surface area contributed by atoms with Gasteiger partial charge in [-0.25, -0.2) is 13.1 Å². The molecule has 1 aliphatic carbocycles. The molecule has 0 amide bonds. The second-order valence-electron chi connectivity index (χ2n) is 4.59. The lowest BCUT2D eigenvalue weighted by Gasteiger charge is -2.11. The third kappa shape index (κ3) is 2.81. The fourth-order valence-electron chi connectivity index (χ4n) is 1.89. The summed E-state index contributed by atoms with van der Waals surface area (Å²) in [6.07, 6.45) is 2.34. The molecule has 5 nitrogen and oxygen atoms in total. The minimum absolute atomic E-state index is 0.203. The first-order valence-electron chi connectivity index (χ1n) is 5.93. The molecule has 1 fully saturated rings. The molecule has 0 bridgehead atoms. The van der Waals surface area contributed by atoms with E-state index in [0.717, 1.165) is 11.4 Å². The Morgan fingerprint density at radius 1 is 1.42 bits per heavy atom. The van der Waals surface area contributed by atoms with Gasteiger partial charge in [0, 0.05) is 11.4 Å². The lowest BCUT2D eigenvalue weighted by atomic mass is 10.3. The molecule has 1 atom stereocenters. The molecule has 1 aliphatic heterocycles. The number of sulfonamides is 1. The van der Waals surface area contributed by atoms with Gasteiger partial charge < -0.3 is 0 Å². The van der Waals surface area contributed by atoms with Crippen LogP contribution in [0.25, 0.3) is 0 Å². The average Bonchev–Trinajstić information content (AvgIpc) is 3.13. The molecule has 0 radical (unpaired) electrons. The van der Waals surface area contributed by atoms with Crippen molar-refractivity contribution < 1.29 is 8.42 Å². The van der Waals surface area contributed by atoms with Crippen LogP contribution in [0.4, 0.5) is 11.4 Å². The van der Waals surface area contributed by atoms with Gasteiger partial charge in [-0.3, -0.25) is 0 Å². The Morgan fingerprint density at radius 3 is 2.95 bits per heavy atom. The first-order chi connectivity index (χ1) is 9.08. The van der Waals surface area contributed by atoms with Gasteiger partial charge in [0.05, 0.1) is 11.4 Å². The maximum Gasteiger partial charge on any atom is 0.242 e. The maximum absolute atomic E-state index is 12.3. The van der Waals surface area contributed by atoms with E-state index >= 15 is 0 Å². The minimum Gasteiger partial charge on any atom is -0.210 e. The van der Waals surface area contributed by atoms with Crippen LogP contribution in [-0.4, -0.2) is 19.8 Å². The number of fused-ring (bicyclic) bond motifs is 1. The van der Waals surface area contributed by atoms with E-state index in [1.807, 2.05) is 0 Å². The van der Waals surface area contributed by atoms with Crippen molar-refractivity contribution in [2.75, 3.05) is 6.54 Å². The summed E-state index contributed by atoms with van der Waals surface area (Å²) in [5.41, 5.74) is 1.06. The van der Waals surface area contributed by atoms with Gasteiger partial charge in [0.1, 0.15) is 16.3 Å². The van der Waals surface area contributed by atoms with Crippen molar-refractivity contribution in [3.63, 3.8) is 0 Å². The molecule has 3 rings (SSSR count). The van der Waals surface area contributed by atoms with Crippen LogP contribution in [0.3, 0.4) is 0 Å². The van der Waals surface area contributed by atoms with Gasteiger partial charge in [-0.1, -0.05) is 22.0 Å². The third-order valence-corrected chi connectivity index (χ3v) is 6.21. The van der Waals surface area contributed by atoms with Crippen molar-refractivity contribution in [3.8, 4) is 0 Å². The van der Waals surface area contributed by atoms with Crippen LogP contribution in [0, 0.1) is 5.92 Å². The van der Waals surface area contributed by atoms with Gasteiger partial charge in [-0.05, 0) is 30.9 Å². The SMILES string of the molecule is O=S(=O)(NCC(Br)C1CC1)c1cccc2c1N=S=N2. The van der Waals surface area contributed by atoms with Crippen molar-refractivity contribution in [2.24, 2.45) is 14.6 Å². The van der Waals surface area contributed by atoms with Crippen molar-refractivity contribution in [3.05, 3.63) is 18.2 Å². The van der Waals surface area contributed by atoms with Crippen LogP contribution in [0.2, 0.25) is 0 Å². The molecule has 0 saturated heterocycles. The molecule has 19 heavy (non-hydrogen) atoms. The summed E-state index contributed by atoms with van der Waals surface area (Å²) in [6.45, 7) is 0.404. The van der Waals surface area contributed by atoms with Crippen LogP contribution in [-0.2, 0) is 21.4 Å². The van der Waals surface area contributed by atoms with E-state index in [1.165, 1.54) is 12.8 Å². The molecule has 102 valence electrons. The Bertz CT molecular complexity index is 679. The molecular formula is C11H12BrN3O2S2. The highest BCUT2D eigenvalue weighted by atomic mass is 79.9. The van der Waals surface area contributed by atoms with Crippen molar-refractivity contribution >= 4 is 48.7 Å². The zero-order valence-electron chi connectivity index (χ0n) is 9.91. The fraction of sp³-hybridized carbons (Fsp3) is 0.455. The van der Waals surface area contributed by atoms with E-state index in [-0.39, 0.29) is 9.72 Å². The van der Waals surface area contributed by atoms with Gasteiger partial charge >= 0.3 is 0 Å². The molecule has 2 aliphatic rings. The van der Waals surface area contributed by atoms with E-state index < -0.39 is 10.0 Å². The monoisotopic (exact) mass is 361 g/mol. The molecule has 8 heteroatoms. The molecule has 0 spiro atoms. The summed E-state index contributed by atoms with van der Waals surface area (Å²) < 4.78 is 35.3. The Labute approximate surface area is 123 Å². The molecule has 1 aromatic rings. The summed E-state index contributed by atoms with van der Waals surface area (Å²) >= 11 is 4.54. The lowest BCUT2D eigenvalue weighted by Crippen LogP contribution is -2.30. The first-order valence-corrected chi connectivity index (χ1v) is 9.06. The van der Waals surface area contributed by atoms with Gasteiger partial charge in [-0.2, -0.15) is 8.73 Å². The van der Waals surface area contributed by atoms with Crippen LogP contribution >= 0.6 is 15.9 Å². The second kappa shape index (κ2) is 5.08. The standard InChI is InChI=1S/C11H12BrN3O2S2/c12-8(7-4-5-7)6-13-19(16,17)10-3-1-2-9-11(10)15-18-14-9/h1-3,7-8,13H,4-6H2.